The molecule has 5 nitrogen and oxygen atoms in total. The summed E-state index contributed by atoms with van der Waals surface area (Å²) in [4.78, 5) is 33.0. The number of ketones is 1. The molecule has 5 aromatic rings. The maximum atomic E-state index is 14.1. The standard InChI is InChI=1S/C37H29NO4/c39-34(28-16-7-2-8-17-28)25-33(30-20-13-23-32(24-30)41-31-21-11-4-12-22-31)37(26-27-14-5-1-6-15-27)36(40)42-35(38-37)29-18-9-3-10-19-29/h1-24,33H,25-26H2/t33-,37-/m1/s1. The van der Waals surface area contributed by atoms with Crippen molar-refractivity contribution in [2.75, 3.05) is 0 Å². The van der Waals surface area contributed by atoms with Gasteiger partial charge in [-0.05, 0) is 47.5 Å². The van der Waals surface area contributed by atoms with Crippen LogP contribution in [0.3, 0.4) is 0 Å². The maximum absolute atomic E-state index is 14.1. The van der Waals surface area contributed by atoms with Crippen LogP contribution in [-0.4, -0.2) is 23.2 Å². The first-order valence-corrected chi connectivity index (χ1v) is 13.9. The molecule has 0 amide bonds. The molecule has 0 spiro atoms. The van der Waals surface area contributed by atoms with Crippen LogP contribution in [-0.2, 0) is 16.0 Å². The van der Waals surface area contributed by atoms with E-state index in [0.717, 1.165) is 11.1 Å². The van der Waals surface area contributed by atoms with Gasteiger partial charge < -0.3 is 9.47 Å². The molecule has 1 aliphatic heterocycles. The molecule has 1 aliphatic rings. The van der Waals surface area contributed by atoms with Gasteiger partial charge in [-0.15, -0.1) is 0 Å². The molecule has 1 heterocycles. The second kappa shape index (κ2) is 12.1. The van der Waals surface area contributed by atoms with Crippen molar-refractivity contribution in [1.29, 1.82) is 0 Å². The minimum absolute atomic E-state index is 0.0479. The number of cyclic esters (lactones) is 1. The molecule has 0 saturated heterocycles. The van der Waals surface area contributed by atoms with Gasteiger partial charge in [-0.1, -0.05) is 109 Å². The zero-order chi connectivity index (χ0) is 28.8. The number of carbonyl (C=O) groups is 2. The Morgan fingerprint density at radius 2 is 1.31 bits per heavy atom. The van der Waals surface area contributed by atoms with E-state index in [1.165, 1.54) is 0 Å². The van der Waals surface area contributed by atoms with Crippen LogP contribution in [0.15, 0.2) is 151 Å². The van der Waals surface area contributed by atoms with Gasteiger partial charge in [0.1, 0.15) is 11.5 Å². The zero-order valence-electron chi connectivity index (χ0n) is 22.9. The Hall–Kier alpha value is -5.29. The van der Waals surface area contributed by atoms with Crippen molar-refractivity contribution in [1.82, 2.24) is 0 Å². The van der Waals surface area contributed by atoms with Crippen LogP contribution in [0.1, 0.15) is 39.4 Å². The number of hydrogen-bond donors (Lipinski definition) is 0. The van der Waals surface area contributed by atoms with Crippen molar-refractivity contribution in [3.8, 4) is 11.5 Å². The lowest BCUT2D eigenvalue weighted by molar-refractivity contribution is -0.139. The molecule has 0 N–H and O–H groups in total. The van der Waals surface area contributed by atoms with Crippen molar-refractivity contribution < 1.29 is 19.1 Å². The summed E-state index contributed by atoms with van der Waals surface area (Å²) in [5.41, 5.74) is 1.57. The summed E-state index contributed by atoms with van der Waals surface area (Å²) >= 11 is 0. The molecule has 0 fully saturated rings. The van der Waals surface area contributed by atoms with E-state index < -0.39 is 17.4 Å². The Morgan fingerprint density at radius 1 is 0.714 bits per heavy atom. The highest BCUT2D eigenvalue weighted by atomic mass is 16.6. The van der Waals surface area contributed by atoms with Crippen LogP contribution in [0.25, 0.3) is 0 Å². The third kappa shape index (κ3) is 5.77. The summed E-state index contributed by atoms with van der Waals surface area (Å²) in [5, 5.41) is 0. The number of hydrogen-bond acceptors (Lipinski definition) is 5. The van der Waals surface area contributed by atoms with E-state index in [0.29, 0.717) is 22.6 Å². The summed E-state index contributed by atoms with van der Waals surface area (Å²) in [6.07, 6.45) is 0.311. The molecule has 0 bridgehead atoms. The first-order chi connectivity index (χ1) is 20.6. The third-order valence-electron chi connectivity index (χ3n) is 7.48. The van der Waals surface area contributed by atoms with E-state index in [9.17, 15) is 9.59 Å². The fourth-order valence-electron chi connectivity index (χ4n) is 5.40. The zero-order valence-corrected chi connectivity index (χ0v) is 22.9. The minimum atomic E-state index is -1.39. The maximum Gasteiger partial charge on any atom is 0.341 e. The van der Waals surface area contributed by atoms with Crippen molar-refractivity contribution in [2.24, 2.45) is 4.99 Å². The fourth-order valence-corrected chi connectivity index (χ4v) is 5.40. The van der Waals surface area contributed by atoms with E-state index in [2.05, 4.69) is 0 Å². The lowest BCUT2D eigenvalue weighted by Crippen LogP contribution is -2.43. The number of aliphatic imine (C=N–C) groups is 1. The lowest BCUT2D eigenvalue weighted by Gasteiger charge is -2.32. The summed E-state index contributed by atoms with van der Waals surface area (Å²) < 4.78 is 12.1. The number of esters is 1. The largest absolute Gasteiger partial charge is 0.457 e. The monoisotopic (exact) mass is 551 g/mol. The Labute approximate surface area is 245 Å². The number of benzene rings is 5. The Balaban J connectivity index is 1.49. The highest BCUT2D eigenvalue weighted by Crippen LogP contribution is 2.44. The van der Waals surface area contributed by atoms with Crippen LogP contribution in [0.5, 0.6) is 11.5 Å². The fraction of sp³-hybridized carbons (Fsp3) is 0.108. The Bertz CT molecular complexity index is 1700. The lowest BCUT2D eigenvalue weighted by atomic mass is 9.73. The number of ether oxygens (including phenoxy) is 2. The summed E-state index contributed by atoms with van der Waals surface area (Å²) in [5.74, 6) is 0.340. The molecule has 42 heavy (non-hydrogen) atoms. The first-order valence-electron chi connectivity index (χ1n) is 13.9. The molecule has 0 aliphatic carbocycles. The molecular formula is C37H29NO4. The number of nitrogens with zero attached hydrogens (tertiary/aromatic N) is 1. The molecule has 0 saturated carbocycles. The van der Waals surface area contributed by atoms with E-state index >= 15 is 0 Å². The number of Topliss-reactive ketones (excluding diaryl/α,β-unsaturated/α-hetero) is 1. The molecule has 5 heteroatoms. The molecule has 0 unspecified atom stereocenters. The normalized spacial score (nSPS) is 16.8. The minimum Gasteiger partial charge on any atom is -0.457 e. The Morgan fingerprint density at radius 3 is 2.00 bits per heavy atom. The second-order valence-electron chi connectivity index (χ2n) is 10.3. The highest BCUT2D eigenvalue weighted by Gasteiger charge is 2.53. The summed E-state index contributed by atoms with van der Waals surface area (Å²) in [6.45, 7) is 0. The van der Waals surface area contributed by atoms with Crippen LogP contribution in [0.2, 0.25) is 0 Å². The van der Waals surface area contributed by atoms with E-state index in [4.69, 9.17) is 14.5 Å². The highest BCUT2D eigenvalue weighted by molar-refractivity contribution is 6.09. The van der Waals surface area contributed by atoms with Crippen molar-refractivity contribution in [2.45, 2.75) is 24.3 Å². The average molecular weight is 552 g/mol. The number of rotatable bonds is 10. The van der Waals surface area contributed by atoms with Gasteiger partial charge in [0.2, 0.25) is 5.90 Å². The second-order valence-corrected chi connectivity index (χ2v) is 10.3. The molecule has 6 rings (SSSR count). The molecular weight excluding hydrogens is 522 g/mol. The first kappa shape index (κ1) is 26.9. The smallest absolute Gasteiger partial charge is 0.341 e. The summed E-state index contributed by atoms with van der Waals surface area (Å²) in [7, 11) is 0. The average Bonchev–Trinajstić information content (AvgIpc) is 3.37. The number of para-hydroxylation sites is 1. The Kier molecular flexibility index (Phi) is 7.73. The van der Waals surface area contributed by atoms with Gasteiger partial charge in [0, 0.05) is 29.9 Å². The van der Waals surface area contributed by atoms with Crippen molar-refractivity contribution >= 4 is 17.7 Å². The van der Waals surface area contributed by atoms with Gasteiger partial charge in [0.15, 0.2) is 11.3 Å². The van der Waals surface area contributed by atoms with Gasteiger partial charge in [-0.2, -0.15) is 0 Å². The topological polar surface area (TPSA) is 65.0 Å². The molecule has 0 radical (unpaired) electrons. The van der Waals surface area contributed by atoms with Gasteiger partial charge >= 0.3 is 5.97 Å². The van der Waals surface area contributed by atoms with Crippen LogP contribution < -0.4 is 4.74 Å². The predicted octanol–water partition coefficient (Wildman–Crippen LogP) is 7.82. The third-order valence-corrected chi connectivity index (χ3v) is 7.48. The SMILES string of the molecule is O=C(C[C@H](c1cccc(Oc2ccccc2)c1)[C@@]1(Cc2ccccc2)N=C(c2ccccc2)OC1=O)c1ccccc1. The molecule has 0 aromatic heterocycles. The van der Waals surface area contributed by atoms with Crippen LogP contribution in [0.4, 0.5) is 0 Å². The quantitative estimate of drug-likeness (QED) is 0.131. The van der Waals surface area contributed by atoms with E-state index in [-0.39, 0.29) is 24.5 Å². The van der Waals surface area contributed by atoms with Crippen LogP contribution >= 0.6 is 0 Å². The van der Waals surface area contributed by atoms with E-state index in [1.54, 1.807) is 12.1 Å². The molecule has 206 valence electrons. The van der Waals surface area contributed by atoms with Crippen LogP contribution in [0, 0.1) is 0 Å². The van der Waals surface area contributed by atoms with Crippen molar-refractivity contribution in [3.63, 3.8) is 0 Å². The van der Waals surface area contributed by atoms with Gasteiger partial charge in [0.05, 0.1) is 0 Å². The number of carbonyl (C=O) groups excluding carboxylic acids is 2. The molecule has 5 aromatic carbocycles. The predicted molar refractivity (Wildman–Crippen MR) is 163 cm³/mol. The van der Waals surface area contributed by atoms with E-state index in [1.807, 2.05) is 133 Å². The summed E-state index contributed by atoms with van der Waals surface area (Å²) in [6, 6.07) is 45.3. The van der Waals surface area contributed by atoms with Gasteiger partial charge in [-0.3, -0.25) is 4.79 Å². The van der Waals surface area contributed by atoms with Crippen molar-refractivity contribution in [3.05, 3.63) is 168 Å². The molecule has 2 atom stereocenters. The van der Waals surface area contributed by atoms with Gasteiger partial charge in [0.25, 0.3) is 0 Å². The van der Waals surface area contributed by atoms with Gasteiger partial charge in [-0.25, -0.2) is 9.79 Å².